The van der Waals surface area contributed by atoms with E-state index in [-0.39, 0.29) is 22.5 Å². The summed E-state index contributed by atoms with van der Waals surface area (Å²) in [5.41, 5.74) is 0.668. The van der Waals surface area contributed by atoms with E-state index in [1.54, 1.807) is 19.9 Å². The van der Waals surface area contributed by atoms with Crippen molar-refractivity contribution in [3.05, 3.63) is 45.5 Å². The van der Waals surface area contributed by atoms with Crippen LogP contribution in [0.4, 0.5) is 13.2 Å². The number of halogens is 3. The van der Waals surface area contributed by atoms with E-state index in [1.165, 1.54) is 6.07 Å². The number of phenols is 2. The number of benzene rings is 1. The second kappa shape index (κ2) is 9.62. The quantitative estimate of drug-likeness (QED) is 0.416. The van der Waals surface area contributed by atoms with Gasteiger partial charge < -0.3 is 34.2 Å². The SMILES string of the molecule is Cc1cc(-c2cc(=O)c3c(O)cc(O)c([C@H]4CCN(C)C[C@H]4O)c3o2)c(C)o1.O=C(O)C(F)(F)F. The van der Waals surface area contributed by atoms with Gasteiger partial charge in [-0.25, -0.2) is 4.79 Å². The molecule has 1 aliphatic rings. The number of hydrogen-bond donors (Lipinski definition) is 4. The fraction of sp³-hybridized carbons (Fsp3) is 0.391. The first-order chi connectivity index (χ1) is 16.2. The van der Waals surface area contributed by atoms with Crippen LogP contribution in [0.25, 0.3) is 22.3 Å². The number of phenolic OH excluding ortho intramolecular Hbond substituents is 2. The lowest BCUT2D eigenvalue weighted by Gasteiger charge is -2.34. The van der Waals surface area contributed by atoms with E-state index in [9.17, 15) is 33.3 Å². The van der Waals surface area contributed by atoms with Gasteiger partial charge in [0.2, 0.25) is 0 Å². The number of alkyl halides is 3. The summed E-state index contributed by atoms with van der Waals surface area (Å²) in [4.78, 5) is 23.7. The topological polar surface area (TPSA) is 145 Å². The van der Waals surface area contributed by atoms with E-state index < -0.39 is 29.6 Å². The van der Waals surface area contributed by atoms with Crippen LogP contribution in [0.3, 0.4) is 0 Å². The molecule has 12 heteroatoms. The third kappa shape index (κ3) is 5.43. The molecule has 0 bridgehead atoms. The number of likely N-dealkylation sites (tertiary alicyclic amines) is 1. The first kappa shape index (κ1) is 26.1. The number of likely N-dealkylation sites (N-methyl/N-ethyl adjacent to an activating group) is 1. The van der Waals surface area contributed by atoms with Gasteiger partial charge in [0.25, 0.3) is 0 Å². The number of aliphatic hydroxyl groups excluding tert-OH is 1. The summed E-state index contributed by atoms with van der Waals surface area (Å²) >= 11 is 0. The number of piperidine rings is 1. The monoisotopic (exact) mass is 499 g/mol. The number of fused-ring (bicyclic) bond motifs is 1. The van der Waals surface area contributed by atoms with Gasteiger partial charge in [-0.3, -0.25) is 4.79 Å². The van der Waals surface area contributed by atoms with Crippen molar-refractivity contribution in [2.75, 3.05) is 20.1 Å². The van der Waals surface area contributed by atoms with E-state index in [0.717, 1.165) is 12.6 Å². The molecule has 4 rings (SSSR count). The molecule has 0 saturated carbocycles. The summed E-state index contributed by atoms with van der Waals surface area (Å²) in [5, 5.41) is 38.6. The zero-order valence-corrected chi connectivity index (χ0v) is 19.0. The van der Waals surface area contributed by atoms with Gasteiger partial charge >= 0.3 is 12.1 Å². The highest BCUT2D eigenvalue weighted by molar-refractivity contribution is 5.89. The molecule has 0 unspecified atom stereocenters. The molecule has 190 valence electrons. The Balaban J connectivity index is 0.000000429. The highest BCUT2D eigenvalue weighted by atomic mass is 19.4. The van der Waals surface area contributed by atoms with Gasteiger partial charge in [-0.05, 0) is 39.9 Å². The molecule has 0 aliphatic carbocycles. The van der Waals surface area contributed by atoms with Crippen molar-refractivity contribution >= 4 is 16.9 Å². The number of carboxylic acids is 1. The maximum absolute atomic E-state index is 12.8. The molecule has 2 atom stereocenters. The zero-order chi connectivity index (χ0) is 26.2. The average molecular weight is 499 g/mol. The largest absolute Gasteiger partial charge is 0.507 e. The van der Waals surface area contributed by atoms with Gasteiger partial charge in [0.05, 0.1) is 11.7 Å². The number of carbonyl (C=O) groups is 1. The van der Waals surface area contributed by atoms with Crippen LogP contribution in [-0.4, -0.2) is 63.7 Å². The Morgan fingerprint density at radius 3 is 2.26 bits per heavy atom. The normalized spacial score (nSPS) is 18.8. The van der Waals surface area contributed by atoms with Gasteiger partial charge in [0.1, 0.15) is 39.7 Å². The number of aromatic hydroxyl groups is 2. The molecule has 9 nitrogen and oxygen atoms in total. The molecule has 0 spiro atoms. The second-order valence-electron chi connectivity index (χ2n) is 8.36. The Morgan fingerprint density at radius 2 is 1.74 bits per heavy atom. The van der Waals surface area contributed by atoms with E-state index in [0.29, 0.717) is 41.4 Å². The van der Waals surface area contributed by atoms with Gasteiger partial charge in [0, 0.05) is 30.2 Å². The highest BCUT2D eigenvalue weighted by Crippen LogP contribution is 2.42. The lowest BCUT2D eigenvalue weighted by atomic mass is 9.85. The van der Waals surface area contributed by atoms with E-state index >= 15 is 0 Å². The highest BCUT2D eigenvalue weighted by Gasteiger charge is 2.38. The number of rotatable bonds is 2. The van der Waals surface area contributed by atoms with Gasteiger partial charge in [-0.2, -0.15) is 13.2 Å². The van der Waals surface area contributed by atoms with Crippen LogP contribution in [0.1, 0.15) is 29.4 Å². The van der Waals surface area contributed by atoms with Gasteiger partial charge in [-0.1, -0.05) is 0 Å². The Labute approximate surface area is 196 Å². The summed E-state index contributed by atoms with van der Waals surface area (Å²) < 4.78 is 43.3. The standard InChI is InChI=1S/C21H23NO6.C2HF3O2/c1-10-6-13(11(2)27-10)18-8-16(25)20-15(24)7-14(23)19(21(20)28-18)12-4-5-22(3)9-17(12)26;3-2(4,5)1(6)7/h6-8,12,17,23-24,26H,4-5,9H2,1-3H3;(H,6,7)/t12-,17+;/m0./s1. The number of aryl methyl sites for hydroxylation is 2. The first-order valence-electron chi connectivity index (χ1n) is 10.5. The van der Waals surface area contributed by atoms with Crippen molar-refractivity contribution in [2.24, 2.45) is 0 Å². The molecule has 1 fully saturated rings. The van der Waals surface area contributed by atoms with Crippen molar-refractivity contribution in [1.82, 2.24) is 4.90 Å². The van der Waals surface area contributed by atoms with Crippen LogP contribution in [0, 0.1) is 13.8 Å². The summed E-state index contributed by atoms with van der Waals surface area (Å²) in [5.74, 6) is -2.14. The second-order valence-corrected chi connectivity index (χ2v) is 8.36. The summed E-state index contributed by atoms with van der Waals surface area (Å²) in [6.07, 6.45) is -5.23. The minimum Gasteiger partial charge on any atom is -0.507 e. The maximum Gasteiger partial charge on any atom is 0.490 e. The Kier molecular flexibility index (Phi) is 7.18. The minimum atomic E-state index is -5.08. The lowest BCUT2D eigenvalue weighted by molar-refractivity contribution is -0.192. The van der Waals surface area contributed by atoms with E-state index in [1.807, 2.05) is 11.9 Å². The van der Waals surface area contributed by atoms with Crippen molar-refractivity contribution < 1.29 is 47.2 Å². The average Bonchev–Trinajstić information content (AvgIpc) is 3.06. The van der Waals surface area contributed by atoms with Crippen molar-refractivity contribution in [3.8, 4) is 22.8 Å². The van der Waals surface area contributed by atoms with Crippen molar-refractivity contribution in [2.45, 2.75) is 38.5 Å². The van der Waals surface area contributed by atoms with E-state index in [2.05, 4.69) is 0 Å². The number of aliphatic carboxylic acids is 1. The van der Waals surface area contributed by atoms with Gasteiger partial charge in [0.15, 0.2) is 5.43 Å². The van der Waals surface area contributed by atoms with Crippen LogP contribution in [0.2, 0.25) is 0 Å². The molecular weight excluding hydrogens is 475 g/mol. The van der Waals surface area contributed by atoms with Crippen LogP contribution in [-0.2, 0) is 4.79 Å². The Morgan fingerprint density at radius 1 is 1.11 bits per heavy atom. The molecule has 1 saturated heterocycles. The van der Waals surface area contributed by atoms with E-state index in [4.69, 9.17) is 18.7 Å². The molecule has 4 N–H and O–H groups in total. The molecule has 0 radical (unpaired) electrons. The van der Waals surface area contributed by atoms with Crippen molar-refractivity contribution in [1.29, 1.82) is 0 Å². The first-order valence-corrected chi connectivity index (χ1v) is 10.5. The molecule has 1 aromatic carbocycles. The molecule has 3 aromatic rings. The van der Waals surface area contributed by atoms with Crippen LogP contribution in [0.15, 0.2) is 31.8 Å². The molecule has 35 heavy (non-hydrogen) atoms. The van der Waals surface area contributed by atoms with Gasteiger partial charge in [-0.15, -0.1) is 0 Å². The van der Waals surface area contributed by atoms with Crippen molar-refractivity contribution in [3.63, 3.8) is 0 Å². The number of β-amino-alcohol motifs (C(OH)–C–C–N with tert-alkyl or cyclic N) is 1. The molecule has 0 amide bonds. The smallest absolute Gasteiger partial charge is 0.490 e. The van der Waals surface area contributed by atoms with Crippen LogP contribution in [0.5, 0.6) is 11.5 Å². The summed E-state index contributed by atoms with van der Waals surface area (Å²) in [6.45, 7) is 4.74. The molecule has 3 heterocycles. The number of nitrogens with zero attached hydrogens (tertiary/aromatic N) is 1. The number of furan rings is 1. The summed E-state index contributed by atoms with van der Waals surface area (Å²) in [6, 6.07) is 4.23. The molecule has 1 aliphatic heterocycles. The zero-order valence-electron chi connectivity index (χ0n) is 19.0. The minimum absolute atomic E-state index is 0.000507. The molecular formula is C23H24F3NO8. The maximum atomic E-state index is 12.8. The lowest BCUT2D eigenvalue weighted by Crippen LogP contribution is -2.40. The summed E-state index contributed by atoms with van der Waals surface area (Å²) in [7, 11) is 1.91. The Hall–Kier alpha value is -3.51. The third-order valence-electron chi connectivity index (χ3n) is 5.70. The molecule has 2 aromatic heterocycles. The van der Waals surface area contributed by atoms with Crippen LogP contribution < -0.4 is 5.43 Å². The Bertz CT molecular complexity index is 1310. The predicted molar refractivity (Wildman–Crippen MR) is 118 cm³/mol. The fourth-order valence-corrected chi connectivity index (χ4v) is 4.11. The number of aliphatic hydroxyl groups is 1. The number of carboxylic acid groups (broad SMARTS) is 1. The third-order valence-corrected chi connectivity index (χ3v) is 5.70. The fourth-order valence-electron chi connectivity index (χ4n) is 4.11. The number of hydrogen-bond acceptors (Lipinski definition) is 8. The van der Waals surface area contributed by atoms with Crippen LogP contribution >= 0.6 is 0 Å². The predicted octanol–water partition coefficient (Wildman–Crippen LogP) is 3.49.